The van der Waals surface area contributed by atoms with Gasteiger partial charge >= 0.3 is 5.97 Å². The first kappa shape index (κ1) is 12.3. The number of aryl methyl sites for hydroxylation is 2. The molecule has 0 saturated carbocycles. The lowest BCUT2D eigenvalue weighted by Gasteiger charge is -2.09. The predicted octanol–water partition coefficient (Wildman–Crippen LogP) is 3.81. The highest BCUT2D eigenvalue weighted by atomic mass is 19.1. The average molecular weight is 244 g/mol. The second kappa shape index (κ2) is 4.61. The van der Waals surface area contributed by atoms with E-state index >= 15 is 0 Å². The zero-order chi connectivity index (χ0) is 13.3. The maximum absolute atomic E-state index is 13.9. The minimum absolute atomic E-state index is 0.0402. The van der Waals surface area contributed by atoms with Crippen molar-refractivity contribution in [3.8, 4) is 11.1 Å². The molecule has 0 heterocycles. The van der Waals surface area contributed by atoms with E-state index in [2.05, 4.69) is 0 Å². The summed E-state index contributed by atoms with van der Waals surface area (Å²) in [7, 11) is 0. The molecule has 2 aromatic carbocycles. The van der Waals surface area contributed by atoms with Gasteiger partial charge in [-0.1, -0.05) is 29.8 Å². The lowest BCUT2D eigenvalue weighted by molar-refractivity contribution is 0.0696. The van der Waals surface area contributed by atoms with Crippen molar-refractivity contribution >= 4 is 5.97 Å². The number of aromatic carboxylic acids is 1. The topological polar surface area (TPSA) is 37.3 Å². The number of carbonyl (C=O) groups is 1. The highest BCUT2D eigenvalue weighted by Gasteiger charge is 2.11. The number of hydrogen-bond acceptors (Lipinski definition) is 1. The molecular weight excluding hydrogens is 231 g/mol. The molecule has 2 rings (SSSR count). The van der Waals surface area contributed by atoms with Crippen LogP contribution < -0.4 is 0 Å². The van der Waals surface area contributed by atoms with E-state index in [1.54, 1.807) is 0 Å². The van der Waals surface area contributed by atoms with Gasteiger partial charge in [-0.05, 0) is 37.1 Å². The van der Waals surface area contributed by atoms with Crippen LogP contribution in [0, 0.1) is 19.7 Å². The fourth-order valence-electron chi connectivity index (χ4n) is 1.89. The zero-order valence-electron chi connectivity index (χ0n) is 10.2. The van der Waals surface area contributed by atoms with Crippen LogP contribution in [-0.4, -0.2) is 11.1 Å². The molecule has 0 aliphatic rings. The monoisotopic (exact) mass is 244 g/mol. The molecule has 0 amide bonds. The molecule has 0 aliphatic carbocycles. The summed E-state index contributed by atoms with van der Waals surface area (Å²) < 4.78 is 13.9. The van der Waals surface area contributed by atoms with Crippen LogP contribution in [-0.2, 0) is 0 Å². The van der Waals surface area contributed by atoms with Crippen LogP contribution >= 0.6 is 0 Å². The summed E-state index contributed by atoms with van der Waals surface area (Å²) in [4.78, 5) is 10.8. The van der Waals surface area contributed by atoms with Gasteiger partial charge in [-0.25, -0.2) is 9.18 Å². The fourth-order valence-corrected chi connectivity index (χ4v) is 1.89. The molecule has 0 saturated heterocycles. The first-order valence-corrected chi connectivity index (χ1v) is 5.59. The summed E-state index contributed by atoms with van der Waals surface area (Å²) in [5.41, 5.74) is 3.19. The van der Waals surface area contributed by atoms with Crippen molar-refractivity contribution < 1.29 is 14.3 Å². The average Bonchev–Trinajstić information content (AvgIpc) is 2.32. The molecule has 0 bridgehead atoms. The van der Waals surface area contributed by atoms with E-state index in [-0.39, 0.29) is 5.56 Å². The molecule has 92 valence electrons. The molecule has 18 heavy (non-hydrogen) atoms. The number of carboxylic acid groups (broad SMARTS) is 1. The second-order valence-corrected chi connectivity index (χ2v) is 4.32. The van der Waals surface area contributed by atoms with Gasteiger partial charge < -0.3 is 5.11 Å². The Morgan fingerprint density at radius 1 is 1.06 bits per heavy atom. The van der Waals surface area contributed by atoms with Gasteiger partial charge in [0.25, 0.3) is 0 Å². The minimum atomic E-state index is -1.12. The summed E-state index contributed by atoms with van der Waals surface area (Å²) in [5, 5.41) is 8.80. The fraction of sp³-hybridized carbons (Fsp3) is 0.133. The molecule has 0 unspecified atom stereocenters. The number of halogens is 1. The van der Waals surface area contributed by atoms with Crippen LogP contribution in [0.1, 0.15) is 21.5 Å². The van der Waals surface area contributed by atoms with Crippen LogP contribution in [0.25, 0.3) is 11.1 Å². The number of carboxylic acids is 1. The van der Waals surface area contributed by atoms with Gasteiger partial charge in [0.2, 0.25) is 0 Å². The van der Waals surface area contributed by atoms with Crippen LogP contribution in [0.3, 0.4) is 0 Å². The van der Waals surface area contributed by atoms with Gasteiger partial charge in [0.15, 0.2) is 0 Å². The number of benzene rings is 2. The molecule has 0 aliphatic heterocycles. The van der Waals surface area contributed by atoms with Gasteiger partial charge in [-0.3, -0.25) is 0 Å². The van der Waals surface area contributed by atoms with Gasteiger partial charge in [0.05, 0.1) is 5.56 Å². The maximum atomic E-state index is 13.9. The molecular formula is C15H13FO2. The van der Waals surface area contributed by atoms with Crippen LogP contribution in [0.4, 0.5) is 4.39 Å². The Morgan fingerprint density at radius 3 is 2.39 bits per heavy atom. The molecule has 0 fully saturated rings. The SMILES string of the molecule is Cc1ccc(C)c(-c2ccc(C(=O)O)cc2F)c1. The standard InChI is InChI=1S/C15H13FO2/c1-9-3-4-10(2)13(7-9)12-6-5-11(15(17)18)8-14(12)16/h3-8H,1-2H3,(H,17,18). The third-order valence-corrected chi connectivity index (χ3v) is 2.90. The smallest absolute Gasteiger partial charge is 0.335 e. The van der Waals surface area contributed by atoms with E-state index in [0.717, 1.165) is 22.8 Å². The summed E-state index contributed by atoms with van der Waals surface area (Å²) in [5.74, 6) is -1.63. The maximum Gasteiger partial charge on any atom is 0.335 e. The predicted molar refractivity (Wildman–Crippen MR) is 68.3 cm³/mol. The lowest BCUT2D eigenvalue weighted by Crippen LogP contribution is -1.98. The van der Waals surface area contributed by atoms with Crippen molar-refractivity contribution in [2.45, 2.75) is 13.8 Å². The van der Waals surface area contributed by atoms with Gasteiger partial charge in [0.1, 0.15) is 5.82 Å². The molecule has 2 nitrogen and oxygen atoms in total. The zero-order valence-corrected chi connectivity index (χ0v) is 10.2. The Kier molecular flexibility index (Phi) is 3.15. The normalized spacial score (nSPS) is 10.4. The van der Waals surface area contributed by atoms with E-state index in [1.165, 1.54) is 12.1 Å². The highest BCUT2D eigenvalue weighted by Crippen LogP contribution is 2.27. The summed E-state index contributed by atoms with van der Waals surface area (Å²) in [6.45, 7) is 3.84. The van der Waals surface area contributed by atoms with E-state index in [9.17, 15) is 9.18 Å². The van der Waals surface area contributed by atoms with Crippen LogP contribution in [0.5, 0.6) is 0 Å². The largest absolute Gasteiger partial charge is 0.478 e. The van der Waals surface area contributed by atoms with Gasteiger partial charge in [-0.2, -0.15) is 0 Å². The Morgan fingerprint density at radius 2 is 1.78 bits per heavy atom. The molecule has 3 heteroatoms. The van der Waals surface area contributed by atoms with Gasteiger partial charge in [0, 0.05) is 5.56 Å². The van der Waals surface area contributed by atoms with E-state index in [0.29, 0.717) is 5.56 Å². The van der Waals surface area contributed by atoms with Crippen molar-refractivity contribution in [3.63, 3.8) is 0 Å². The minimum Gasteiger partial charge on any atom is -0.478 e. The van der Waals surface area contributed by atoms with Crippen molar-refractivity contribution in [1.82, 2.24) is 0 Å². The van der Waals surface area contributed by atoms with E-state index in [4.69, 9.17) is 5.11 Å². The lowest BCUT2D eigenvalue weighted by atomic mass is 9.97. The highest BCUT2D eigenvalue weighted by molar-refractivity contribution is 5.88. The summed E-state index contributed by atoms with van der Waals surface area (Å²) >= 11 is 0. The molecule has 0 radical (unpaired) electrons. The third kappa shape index (κ3) is 2.25. The molecule has 0 aromatic heterocycles. The molecule has 1 N–H and O–H groups in total. The van der Waals surface area contributed by atoms with E-state index in [1.807, 2.05) is 32.0 Å². The van der Waals surface area contributed by atoms with Crippen LogP contribution in [0.15, 0.2) is 36.4 Å². The number of rotatable bonds is 2. The number of hydrogen-bond donors (Lipinski definition) is 1. The quantitative estimate of drug-likeness (QED) is 0.872. The molecule has 0 atom stereocenters. The third-order valence-electron chi connectivity index (χ3n) is 2.90. The Labute approximate surface area is 105 Å². The molecule has 0 spiro atoms. The van der Waals surface area contributed by atoms with Crippen molar-refractivity contribution in [2.24, 2.45) is 0 Å². The Bertz CT molecular complexity index is 618. The molecule has 2 aromatic rings. The summed E-state index contributed by atoms with van der Waals surface area (Å²) in [6, 6.07) is 9.77. The Hall–Kier alpha value is -2.16. The first-order chi connectivity index (χ1) is 8.49. The van der Waals surface area contributed by atoms with Crippen LogP contribution in [0.2, 0.25) is 0 Å². The van der Waals surface area contributed by atoms with Crippen molar-refractivity contribution in [2.75, 3.05) is 0 Å². The summed E-state index contributed by atoms with van der Waals surface area (Å²) in [6.07, 6.45) is 0. The second-order valence-electron chi connectivity index (χ2n) is 4.32. The van der Waals surface area contributed by atoms with E-state index < -0.39 is 11.8 Å². The van der Waals surface area contributed by atoms with Crippen molar-refractivity contribution in [3.05, 3.63) is 58.9 Å². The first-order valence-electron chi connectivity index (χ1n) is 5.59. The Balaban J connectivity index is 2.58. The van der Waals surface area contributed by atoms with Gasteiger partial charge in [-0.15, -0.1) is 0 Å². The van der Waals surface area contributed by atoms with Crippen molar-refractivity contribution in [1.29, 1.82) is 0 Å².